The second kappa shape index (κ2) is 9.78. The lowest BCUT2D eigenvalue weighted by Gasteiger charge is -2.18. The molecular formula is C14H24ClN3O3S. The third-order valence-corrected chi connectivity index (χ3v) is 5.16. The number of carbonyl (C=O) groups excluding carboxylic acids is 1. The summed E-state index contributed by atoms with van der Waals surface area (Å²) >= 11 is 0. The SMILES string of the molecule is CCN(CC)S(=O)(=O)c1ccc(CNC(=O)CNC)cc1.Cl. The summed E-state index contributed by atoms with van der Waals surface area (Å²) in [5, 5.41) is 5.50. The number of benzene rings is 1. The zero-order chi connectivity index (χ0) is 15.9. The molecule has 0 aliphatic carbocycles. The Bertz CT molecular complexity index is 557. The van der Waals surface area contributed by atoms with Crippen molar-refractivity contribution >= 4 is 28.3 Å². The molecule has 0 fully saturated rings. The number of sulfonamides is 1. The first-order valence-electron chi connectivity index (χ1n) is 6.96. The van der Waals surface area contributed by atoms with Crippen LogP contribution in [-0.2, 0) is 21.4 Å². The van der Waals surface area contributed by atoms with Gasteiger partial charge in [-0.05, 0) is 24.7 Å². The first kappa shape index (κ1) is 20.9. The Hall–Kier alpha value is -1.15. The van der Waals surface area contributed by atoms with Crippen molar-refractivity contribution in [2.24, 2.45) is 0 Å². The lowest BCUT2D eigenvalue weighted by Crippen LogP contribution is -2.32. The molecule has 0 bridgehead atoms. The van der Waals surface area contributed by atoms with Crippen molar-refractivity contribution < 1.29 is 13.2 Å². The maximum absolute atomic E-state index is 12.3. The summed E-state index contributed by atoms with van der Waals surface area (Å²) in [6.45, 7) is 5.15. The van der Waals surface area contributed by atoms with E-state index < -0.39 is 10.0 Å². The maximum Gasteiger partial charge on any atom is 0.243 e. The van der Waals surface area contributed by atoms with E-state index in [4.69, 9.17) is 0 Å². The van der Waals surface area contributed by atoms with Crippen LogP contribution in [0.2, 0.25) is 0 Å². The first-order valence-corrected chi connectivity index (χ1v) is 8.40. The molecule has 6 nitrogen and oxygen atoms in total. The first-order chi connectivity index (χ1) is 9.95. The highest BCUT2D eigenvalue weighted by Crippen LogP contribution is 2.16. The fourth-order valence-corrected chi connectivity index (χ4v) is 3.37. The highest BCUT2D eigenvalue weighted by atomic mass is 35.5. The van der Waals surface area contributed by atoms with Crippen molar-refractivity contribution in [1.29, 1.82) is 0 Å². The van der Waals surface area contributed by atoms with Gasteiger partial charge < -0.3 is 10.6 Å². The number of carbonyl (C=O) groups is 1. The molecule has 1 rings (SSSR count). The topological polar surface area (TPSA) is 78.5 Å². The Morgan fingerprint density at radius 3 is 2.14 bits per heavy atom. The minimum absolute atomic E-state index is 0. The van der Waals surface area contributed by atoms with Gasteiger partial charge in [-0.25, -0.2) is 8.42 Å². The van der Waals surface area contributed by atoms with Gasteiger partial charge in [-0.1, -0.05) is 26.0 Å². The van der Waals surface area contributed by atoms with Crippen LogP contribution in [0.5, 0.6) is 0 Å². The van der Waals surface area contributed by atoms with Crippen LogP contribution in [0.3, 0.4) is 0 Å². The van der Waals surface area contributed by atoms with Crippen molar-refractivity contribution in [2.45, 2.75) is 25.3 Å². The van der Waals surface area contributed by atoms with Crippen LogP contribution in [0.15, 0.2) is 29.2 Å². The van der Waals surface area contributed by atoms with E-state index in [1.165, 1.54) is 4.31 Å². The van der Waals surface area contributed by atoms with Gasteiger partial charge >= 0.3 is 0 Å². The Balaban J connectivity index is 0.00000441. The van der Waals surface area contributed by atoms with E-state index in [1.807, 2.05) is 13.8 Å². The zero-order valence-electron chi connectivity index (χ0n) is 13.1. The quantitative estimate of drug-likeness (QED) is 0.733. The van der Waals surface area contributed by atoms with E-state index in [2.05, 4.69) is 10.6 Å². The second-order valence-corrected chi connectivity index (χ2v) is 6.48. The summed E-state index contributed by atoms with van der Waals surface area (Å²) in [4.78, 5) is 11.6. The summed E-state index contributed by atoms with van der Waals surface area (Å²) < 4.78 is 26.0. The molecule has 0 heterocycles. The number of halogens is 1. The number of nitrogens with zero attached hydrogens (tertiary/aromatic N) is 1. The number of rotatable bonds is 8. The summed E-state index contributed by atoms with van der Waals surface area (Å²) in [5.41, 5.74) is 0.859. The van der Waals surface area contributed by atoms with Crippen LogP contribution in [0, 0.1) is 0 Å². The Kier molecular flexibility index (Phi) is 9.27. The number of hydrogen-bond donors (Lipinski definition) is 2. The average molecular weight is 350 g/mol. The molecule has 0 saturated heterocycles. The van der Waals surface area contributed by atoms with Crippen LogP contribution < -0.4 is 10.6 Å². The summed E-state index contributed by atoms with van der Waals surface area (Å²) in [5.74, 6) is -0.0997. The fraction of sp³-hybridized carbons (Fsp3) is 0.500. The van der Waals surface area contributed by atoms with Crippen molar-refractivity contribution in [3.8, 4) is 0 Å². The fourth-order valence-electron chi connectivity index (χ4n) is 1.92. The molecule has 0 atom stereocenters. The lowest BCUT2D eigenvalue weighted by atomic mass is 10.2. The molecule has 126 valence electrons. The number of nitrogens with one attached hydrogen (secondary N) is 2. The van der Waals surface area contributed by atoms with Gasteiger partial charge in [0.25, 0.3) is 0 Å². The Labute approximate surface area is 138 Å². The Morgan fingerprint density at radius 2 is 1.68 bits per heavy atom. The third-order valence-electron chi connectivity index (χ3n) is 3.09. The molecule has 1 aromatic carbocycles. The summed E-state index contributed by atoms with van der Waals surface area (Å²) in [6, 6.07) is 6.59. The van der Waals surface area contributed by atoms with Crippen LogP contribution >= 0.6 is 12.4 Å². The van der Waals surface area contributed by atoms with Gasteiger partial charge in [0.2, 0.25) is 15.9 Å². The smallest absolute Gasteiger partial charge is 0.243 e. The van der Waals surface area contributed by atoms with Gasteiger partial charge in [0.1, 0.15) is 0 Å². The molecule has 0 aromatic heterocycles. The minimum atomic E-state index is -3.42. The van der Waals surface area contributed by atoms with E-state index in [1.54, 1.807) is 31.3 Å². The van der Waals surface area contributed by atoms with Gasteiger partial charge in [-0.15, -0.1) is 12.4 Å². The predicted molar refractivity (Wildman–Crippen MR) is 89.6 cm³/mol. The second-order valence-electron chi connectivity index (χ2n) is 4.54. The number of likely N-dealkylation sites (N-methyl/N-ethyl adjacent to an activating group) is 1. The van der Waals surface area contributed by atoms with Crippen molar-refractivity contribution in [2.75, 3.05) is 26.7 Å². The van der Waals surface area contributed by atoms with Crippen molar-refractivity contribution in [1.82, 2.24) is 14.9 Å². The summed E-state index contributed by atoms with van der Waals surface area (Å²) in [7, 11) is -1.72. The predicted octanol–water partition coefficient (Wildman–Crippen LogP) is 0.975. The van der Waals surface area contributed by atoms with E-state index >= 15 is 0 Å². The van der Waals surface area contributed by atoms with Crippen LogP contribution in [0.4, 0.5) is 0 Å². The van der Waals surface area contributed by atoms with Crippen LogP contribution in [-0.4, -0.2) is 45.3 Å². The molecule has 8 heteroatoms. The van der Waals surface area contributed by atoms with E-state index in [-0.39, 0.29) is 29.8 Å². The standard InChI is InChI=1S/C14H23N3O3S.ClH/c1-4-17(5-2)21(19,20)13-8-6-12(7-9-13)10-16-14(18)11-15-3;/h6-9,15H,4-5,10-11H2,1-3H3,(H,16,18);1H. The zero-order valence-corrected chi connectivity index (χ0v) is 14.8. The molecule has 1 aromatic rings. The van der Waals surface area contributed by atoms with Gasteiger partial charge in [0, 0.05) is 19.6 Å². The molecule has 22 heavy (non-hydrogen) atoms. The normalized spacial score (nSPS) is 11.1. The lowest BCUT2D eigenvalue weighted by molar-refractivity contribution is -0.120. The highest BCUT2D eigenvalue weighted by molar-refractivity contribution is 7.89. The average Bonchev–Trinajstić information content (AvgIpc) is 2.47. The van der Waals surface area contributed by atoms with Crippen LogP contribution in [0.1, 0.15) is 19.4 Å². The number of amides is 1. The molecule has 0 spiro atoms. The van der Waals surface area contributed by atoms with Gasteiger partial charge in [-0.3, -0.25) is 4.79 Å². The molecule has 2 N–H and O–H groups in total. The number of hydrogen-bond acceptors (Lipinski definition) is 4. The maximum atomic E-state index is 12.3. The van der Waals surface area contributed by atoms with Gasteiger partial charge in [-0.2, -0.15) is 4.31 Å². The molecule has 1 amide bonds. The molecule has 0 saturated carbocycles. The molecule has 0 aliphatic heterocycles. The van der Waals surface area contributed by atoms with Crippen LogP contribution in [0.25, 0.3) is 0 Å². The van der Waals surface area contributed by atoms with E-state index in [0.29, 0.717) is 19.6 Å². The molecule has 0 aliphatic rings. The van der Waals surface area contributed by atoms with E-state index in [0.717, 1.165) is 5.56 Å². The third kappa shape index (κ3) is 5.57. The van der Waals surface area contributed by atoms with Crippen molar-refractivity contribution in [3.63, 3.8) is 0 Å². The molecule has 0 unspecified atom stereocenters. The summed E-state index contributed by atoms with van der Waals surface area (Å²) in [6.07, 6.45) is 0. The monoisotopic (exact) mass is 349 g/mol. The molecular weight excluding hydrogens is 326 g/mol. The van der Waals surface area contributed by atoms with Crippen molar-refractivity contribution in [3.05, 3.63) is 29.8 Å². The highest BCUT2D eigenvalue weighted by Gasteiger charge is 2.21. The van der Waals surface area contributed by atoms with Gasteiger partial charge in [0.15, 0.2) is 0 Å². The minimum Gasteiger partial charge on any atom is -0.351 e. The van der Waals surface area contributed by atoms with E-state index in [9.17, 15) is 13.2 Å². The molecule has 0 radical (unpaired) electrons. The Morgan fingerprint density at radius 1 is 1.14 bits per heavy atom. The largest absolute Gasteiger partial charge is 0.351 e. The van der Waals surface area contributed by atoms with Gasteiger partial charge in [0.05, 0.1) is 11.4 Å².